The number of hydrogen-bond donors (Lipinski definition) is 0. The van der Waals surface area contributed by atoms with E-state index in [0.29, 0.717) is 5.52 Å². The van der Waals surface area contributed by atoms with E-state index in [1.54, 1.807) is 11.3 Å². The Morgan fingerprint density at radius 3 is 2.38 bits per heavy atom. The summed E-state index contributed by atoms with van der Waals surface area (Å²) in [5.74, 6) is -0.524. The highest BCUT2D eigenvalue weighted by atomic mass is 32.1. The standard InChI is InChI=1S/C12H9FN2S/c1-6-8-4-16-5-9(8)7(2)12-11(6)14-3-10(13)15-12/h3-5H,1-2H3. The van der Waals surface area contributed by atoms with Gasteiger partial charge >= 0.3 is 0 Å². The van der Waals surface area contributed by atoms with Crippen molar-refractivity contribution in [3.8, 4) is 0 Å². The molecule has 3 aromatic rings. The number of hydrogen-bond acceptors (Lipinski definition) is 3. The Hall–Kier alpha value is -1.55. The van der Waals surface area contributed by atoms with Gasteiger partial charge in [0.25, 0.3) is 0 Å². The van der Waals surface area contributed by atoms with Crippen LogP contribution in [0.3, 0.4) is 0 Å². The van der Waals surface area contributed by atoms with Gasteiger partial charge in [-0.1, -0.05) is 0 Å². The second kappa shape index (κ2) is 3.22. The van der Waals surface area contributed by atoms with Gasteiger partial charge in [0.15, 0.2) is 0 Å². The summed E-state index contributed by atoms with van der Waals surface area (Å²) in [5.41, 5.74) is 3.54. The molecule has 1 aromatic carbocycles. The van der Waals surface area contributed by atoms with E-state index < -0.39 is 5.95 Å². The highest BCUT2D eigenvalue weighted by molar-refractivity contribution is 7.09. The molecule has 16 heavy (non-hydrogen) atoms. The molecule has 0 aliphatic heterocycles. The predicted octanol–water partition coefficient (Wildman–Crippen LogP) is 3.60. The Morgan fingerprint density at radius 2 is 1.69 bits per heavy atom. The molecule has 0 amide bonds. The van der Waals surface area contributed by atoms with Gasteiger partial charge in [-0.25, -0.2) is 9.97 Å². The minimum Gasteiger partial charge on any atom is -0.250 e. The molecule has 80 valence electrons. The van der Waals surface area contributed by atoms with E-state index in [0.717, 1.165) is 22.0 Å². The molecular formula is C12H9FN2S. The van der Waals surface area contributed by atoms with E-state index in [1.165, 1.54) is 11.6 Å². The van der Waals surface area contributed by atoms with Crippen LogP contribution in [0.1, 0.15) is 11.1 Å². The van der Waals surface area contributed by atoms with Gasteiger partial charge in [-0.15, -0.1) is 0 Å². The fourth-order valence-corrected chi connectivity index (χ4v) is 2.98. The molecule has 3 rings (SSSR count). The third-order valence-electron chi connectivity index (χ3n) is 2.92. The minimum absolute atomic E-state index is 0.524. The summed E-state index contributed by atoms with van der Waals surface area (Å²) in [6, 6.07) is 0. The van der Waals surface area contributed by atoms with Gasteiger partial charge in [0, 0.05) is 0 Å². The van der Waals surface area contributed by atoms with Crippen LogP contribution in [0.4, 0.5) is 4.39 Å². The molecule has 0 saturated heterocycles. The quantitative estimate of drug-likeness (QED) is 0.592. The van der Waals surface area contributed by atoms with Crippen LogP contribution in [0.25, 0.3) is 21.8 Å². The summed E-state index contributed by atoms with van der Waals surface area (Å²) >= 11 is 1.65. The molecule has 2 heterocycles. The molecule has 0 radical (unpaired) electrons. The second-order valence-corrected chi connectivity index (χ2v) is 4.58. The Labute approximate surface area is 95.8 Å². The molecule has 2 aromatic heterocycles. The van der Waals surface area contributed by atoms with Crippen molar-refractivity contribution in [2.24, 2.45) is 0 Å². The first-order chi connectivity index (χ1) is 7.68. The number of benzene rings is 1. The lowest BCUT2D eigenvalue weighted by Gasteiger charge is -2.06. The van der Waals surface area contributed by atoms with Gasteiger partial charge < -0.3 is 0 Å². The van der Waals surface area contributed by atoms with Crippen LogP contribution in [0.15, 0.2) is 17.0 Å². The highest BCUT2D eigenvalue weighted by Crippen LogP contribution is 2.32. The lowest BCUT2D eigenvalue weighted by Crippen LogP contribution is -1.94. The van der Waals surface area contributed by atoms with E-state index >= 15 is 0 Å². The maximum Gasteiger partial charge on any atom is 0.231 e. The second-order valence-electron chi connectivity index (χ2n) is 3.84. The summed E-state index contributed by atoms with van der Waals surface area (Å²) in [7, 11) is 0. The molecule has 0 fully saturated rings. The van der Waals surface area contributed by atoms with E-state index in [4.69, 9.17) is 0 Å². The first-order valence-corrected chi connectivity index (χ1v) is 5.90. The van der Waals surface area contributed by atoms with Crippen LogP contribution < -0.4 is 0 Å². The predicted molar refractivity (Wildman–Crippen MR) is 64.4 cm³/mol. The molecule has 0 aliphatic rings. The Bertz CT molecular complexity index is 703. The van der Waals surface area contributed by atoms with E-state index in [9.17, 15) is 4.39 Å². The van der Waals surface area contributed by atoms with Crippen molar-refractivity contribution < 1.29 is 4.39 Å². The molecule has 4 heteroatoms. The van der Waals surface area contributed by atoms with Gasteiger partial charge in [-0.3, -0.25) is 0 Å². The summed E-state index contributed by atoms with van der Waals surface area (Å²) in [5, 5.41) is 6.51. The Morgan fingerprint density at radius 1 is 1.06 bits per heavy atom. The van der Waals surface area contributed by atoms with Crippen molar-refractivity contribution in [1.82, 2.24) is 9.97 Å². The van der Waals surface area contributed by atoms with Crippen LogP contribution in [0.2, 0.25) is 0 Å². The van der Waals surface area contributed by atoms with Crippen LogP contribution in [0.5, 0.6) is 0 Å². The average molecular weight is 232 g/mol. The number of nitrogens with zero attached hydrogens (tertiary/aromatic N) is 2. The zero-order valence-corrected chi connectivity index (χ0v) is 9.73. The van der Waals surface area contributed by atoms with Gasteiger partial charge in [-0.2, -0.15) is 15.7 Å². The van der Waals surface area contributed by atoms with Gasteiger partial charge in [0.2, 0.25) is 5.95 Å². The molecular weight excluding hydrogens is 223 g/mol. The first kappa shape index (κ1) is 9.66. The number of rotatable bonds is 0. The van der Waals surface area contributed by atoms with E-state index in [2.05, 4.69) is 20.7 Å². The van der Waals surface area contributed by atoms with Crippen molar-refractivity contribution in [3.05, 3.63) is 34.0 Å². The third kappa shape index (κ3) is 1.16. The van der Waals surface area contributed by atoms with Crippen LogP contribution >= 0.6 is 11.3 Å². The lowest BCUT2D eigenvalue weighted by molar-refractivity contribution is 0.583. The molecule has 0 atom stereocenters. The van der Waals surface area contributed by atoms with Gasteiger partial charge in [-0.05, 0) is 46.5 Å². The van der Waals surface area contributed by atoms with Crippen molar-refractivity contribution in [2.45, 2.75) is 13.8 Å². The summed E-state index contributed by atoms with van der Waals surface area (Å²) in [4.78, 5) is 8.08. The molecule has 0 N–H and O–H groups in total. The molecule has 2 nitrogen and oxygen atoms in total. The summed E-state index contributed by atoms with van der Waals surface area (Å²) in [6.07, 6.45) is 1.17. The number of fused-ring (bicyclic) bond motifs is 2. The molecule has 0 saturated carbocycles. The lowest BCUT2D eigenvalue weighted by atomic mass is 10.0. The summed E-state index contributed by atoms with van der Waals surface area (Å²) < 4.78 is 13.1. The van der Waals surface area contributed by atoms with Crippen molar-refractivity contribution >= 4 is 33.1 Å². The van der Waals surface area contributed by atoms with Crippen molar-refractivity contribution in [1.29, 1.82) is 0 Å². The Balaban J connectivity index is 2.64. The third-order valence-corrected chi connectivity index (χ3v) is 3.67. The SMILES string of the molecule is Cc1c2cscc2c(C)c2nc(F)cnc12. The summed E-state index contributed by atoms with van der Waals surface area (Å²) in [6.45, 7) is 3.97. The fraction of sp³-hybridized carbons (Fsp3) is 0.167. The first-order valence-electron chi connectivity index (χ1n) is 4.96. The fourth-order valence-electron chi connectivity index (χ4n) is 2.04. The van der Waals surface area contributed by atoms with Gasteiger partial charge in [0.1, 0.15) is 0 Å². The number of thiophene rings is 1. The minimum atomic E-state index is -0.524. The van der Waals surface area contributed by atoms with Crippen LogP contribution in [-0.4, -0.2) is 9.97 Å². The maximum atomic E-state index is 13.1. The number of aryl methyl sites for hydroxylation is 2. The topological polar surface area (TPSA) is 25.8 Å². The van der Waals surface area contributed by atoms with Crippen LogP contribution in [0, 0.1) is 19.8 Å². The number of halogens is 1. The average Bonchev–Trinajstić information content (AvgIpc) is 2.75. The zero-order chi connectivity index (χ0) is 11.3. The molecule has 0 unspecified atom stereocenters. The molecule has 0 bridgehead atoms. The van der Waals surface area contributed by atoms with Crippen molar-refractivity contribution in [2.75, 3.05) is 0 Å². The van der Waals surface area contributed by atoms with Crippen LogP contribution in [-0.2, 0) is 0 Å². The van der Waals surface area contributed by atoms with Crippen molar-refractivity contribution in [3.63, 3.8) is 0 Å². The normalized spacial score (nSPS) is 11.4. The maximum absolute atomic E-state index is 13.1. The smallest absolute Gasteiger partial charge is 0.231 e. The monoisotopic (exact) mass is 232 g/mol. The number of aromatic nitrogens is 2. The van der Waals surface area contributed by atoms with Gasteiger partial charge in [0.05, 0.1) is 17.2 Å². The Kier molecular flexibility index (Phi) is 1.94. The largest absolute Gasteiger partial charge is 0.250 e. The zero-order valence-electron chi connectivity index (χ0n) is 8.91. The van der Waals surface area contributed by atoms with E-state index in [1.807, 2.05) is 13.8 Å². The van der Waals surface area contributed by atoms with E-state index in [-0.39, 0.29) is 0 Å². The molecule has 0 spiro atoms. The molecule has 0 aliphatic carbocycles. The highest BCUT2D eigenvalue weighted by Gasteiger charge is 2.11.